The summed E-state index contributed by atoms with van der Waals surface area (Å²) in [5, 5.41) is 0. The van der Waals surface area contributed by atoms with Crippen LogP contribution in [0.15, 0.2) is 50.2 Å². The Balaban J connectivity index is 2.51. The molecule has 2 aromatic rings. The van der Waals surface area contributed by atoms with Crippen molar-refractivity contribution in [2.45, 2.75) is 18.7 Å². The third-order valence-corrected chi connectivity index (χ3v) is 6.85. The number of hydrogen-bond acceptors (Lipinski definition) is 2. The van der Waals surface area contributed by atoms with Gasteiger partial charge in [-0.05, 0) is 59.6 Å². The molecule has 2 aromatic carbocycles. The first kappa shape index (κ1) is 16.5. The van der Waals surface area contributed by atoms with Gasteiger partial charge in [-0.1, -0.05) is 33.6 Å². The van der Waals surface area contributed by atoms with Crippen molar-refractivity contribution >= 4 is 47.6 Å². The van der Waals surface area contributed by atoms with Gasteiger partial charge in [0.15, 0.2) is 0 Å². The normalized spacial score (nSPS) is 11.5. The first-order valence-corrected chi connectivity index (χ1v) is 9.27. The lowest BCUT2D eigenvalue weighted by Crippen LogP contribution is -2.26. The maximum atomic E-state index is 12.8. The van der Waals surface area contributed by atoms with E-state index in [-0.39, 0.29) is 4.90 Å². The Hall–Kier alpha value is -0.850. The van der Waals surface area contributed by atoms with Crippen molar-refractivity contribution in [2.24, 2.45) is 0 Å². The Labute approximate surface area is 142 Å². The molecule has 0 atom stereocenters. The van der Waals surface area contributed by atoms with E-state index in [1.54, 1.807) is 31.3 Å². The molecule has 0 bridgehead atoms. The number of rotatable bonds is 3. The fraction of sp³-hybridized carbons (Fsp3) is 0.200. The topological polar surface area (TPSA) is 37.4 Å². The summed E-state index contributed by atoms with van der Waals surface area (Å²) >= 11 is 6.73. The van der Waals surface area contributed by atoms with Crippen molar-refractivity contribution in [3.63, 3.8) is 0 Å². The summed E-state index contributed by atoms with van der Waals surface area (Å²) < 4.78 is 28.2. The van der Waals surface area contributed by atoms with Crippen LogP contribution in [0, 0.1) is 13.8 Å². The Bertz CT molecular complexity index is 771. The van der Waals surface area contributed by atoms with Crippen molar-refractivity contribution in [1.29, 1.82) is 0 Å². The Morgan fingerprint density at radius 3 is 2.10 bits per heavy atom. The molecule has 0 aliphatic rings. The van der Waals surface area contributed by atoms with Crippen molar-refractivity contribution < 1.29 is 8.42 Å². The van der Waals surface area contributed by atoms with Crippen LogP contribution in [-0.2, 0) is 10.0 Å². The lowest BCUT2D eigenvalue weighted by Gasteiger charge is -2.21. The Morgan fingerprint density at radius 2 is 1.52 bits per heavy atom. The SMILES string of the molecule is Cc1ccc(N(C)S(=O)(=O)c2cc(Br)c(C)cc2Br)cc1. The standard InChI is InChI=1S/C15H15Br2NO2S/c1-10-4-6-12(7-5-10)18(3)21(19,20)15-9-13(16)11(2)8-14(15)17/h4-9H,1-3H3. The number of anilines is 1. The number of aryl methyl sites for hydroxylation is 2. The minimum Gasteiger partial charge on any atom is -0.269 e. The molecule has 0 aliphatic carbocycles. The number of hydrogen-bond donors (Lipinski definition) is 0. The van der Waals surface area contributed by atoms with Gasteiger partial charge in [0.2, 0.25) is 0 Å². The van der Waals surface area contributed by atoms with Gasteiger partial charge in [0, 0.05) is 16.0 Å². The van der Waals surface area contributed by atoms with Gasteiger partial charge in [-0.15, -0.1) is 0 Å². The number of benzene rings is 2. The molecule has 0 saturated heterocycles. The lowest BCUT2D eigenvalue weighted by atomic mass is 10.2. The van der Waals surface area contributed by atoms with Crippen LogP contribution in [0.1, 0.15) is 11.1 Å². The van der Waals surface area contributed by atoms with E-state index in [0.29, 0.717) is 10.2 Å². The zero-order valence-electron chi connectivity index (χ0n) is 11.9. The van der Waals surface area contributed by atoms with E-state index >= 15 is 0 Å². The van der Waals surface area contributed by atoms with Crippen molar-refractivity contribution in [3.05, 3.63) is 56.5 Å². The van der Waals surface area contributed by atoms with Crippen LogP contribution in [-0.4, -0.2) is 15.5 Å². The van der Waals surface area contributed by atoms with Crippen LogP contribution in [0.5, 0.6) is 0 Å². The average molecular weight is 433 g/mol. The highest BCUT2D eigenvalue weighted by atomic mass is 79.9. The zero-order valence-corrected chi connectivity index (χ0v) is 15.9. The summed E-state index contributed by atoms with van der Waals surface area (Å²) in [5.74, 6) is 0. The molecule has 21 heavy (non-hydrogen) atoms. The molecular formula is C15H15Br2NO2S. The van der Waals surface area contributed by atoms with Crippen molar-refractivity contribution in [3.8, 4) is 0 Å². The minimum absolute atomic E-state index is 0.239. The second-order valence-corrected chi connectivity index (χ2v) is 8.49. The molecule has 0 aromatic heterocycles. The van der Waals surface area contributed by atoms with Crippen LogP contribution in [0.25, 0.3) is 0 Å². The molecular weight excluding hydrogens is 418 g/mol. The molecule has 0 unspecified atom stereocenters. The van der Waals surface area contributed by atoms with E-state index < -0.39 is 10.0 Å². The molecule has 0 spiro atoms. The third kappa shape index (κ3) is 3.33. The largest absolute Gasteiger partial charge is 0.269 e. The van der Waals surface area contributed by atoms with Gasteiger partial charge in [0.05, 0.1) is 5.69 Å². The van der Waals surface area contributed by atoms with Gasteiger partial charge in [-0.3, -0.25) is 4.31 Å². The van der Waals surface area contributed by atoms with Crippen molar-refractivity contribution in [2.75, 3.05) is 11.4 Å². The lowest BCUT2D eigenvalue weighted by molar-refractivity contribution is 0.594. The molecule has 0 amide bonds. The molecule has 0 heterocycles. The monoisotopic (exact) mass is 431 g/mol. The summed E-state index contributed by atoms with van der Waals surface area (Å²) in [4.78, 5) is 0.239. The van der Waals surface area contributed by atoms with E-state index in [2.05, 4.69) is 31.9 Å². The fourth-order valence-corrected chi connectivity index (χ4v) is 4.70. The maximum Gasteiger partial charge on any atom is 0.265 e. The van der Waals surface area contributed by atoms with E-state index in [1.165, 1.54) is 4.31 Å². The number of nitrogens with zero attached hydrogens (tertiary/aromatic N) is 1. The molecule has 0 N–H and O–H groups in total. The molecule has 112 valence electrons. The van der Waals surface area contributed by atoms with Crippen LogP contribution >= 0.6 is 31.9 Å². The Kier molecular flexibility index (Phi) is 4.80. The molecule has 2 rings (SSSR count). The second-order valence-electron chi connectivity index (χ2n) is 4.84. The highest BCUT2D eigenvalue weighted by Crippen LogP contribution is 2.32. The fourth-order valence-electron chi connectivity index (χ4n) is 1.87. The van der Waals surface area contributed by atoms with E-state index in [9.17, 15) is 8.42 Å². The molecule has 0 radical (unpaired) electrons. The highest BCUT2D eigenvalue weighted by Gasteiger charge is 2.24. The smallest absolute Gasteiger partial charge is 0.265 e. The van der Waals surface area contributed by atoms with Gasteiger partial charge >= 0.3 is 0 Å². The molecule has 0 aliphatic heterocycles. The maximum absolute atomic E-state index is 12.8. The summed E-state index contributed by atoms with van der Waals surface area (Å²) in [5.41, 5.74) is 2.69. The van der Waals surface area contributed by atoms with E-state index in [1.807, 2.05) is 26.0 Å². The summed E-state index contributed by atoms with van der Waals surface area (Å²) in [6.07, 6.45) is 0. The molecule has 3 nitrogen and oxygen atoms in total. The van der Waals surface area contributed by atoms with E-state index in [4.69, 9.17) is 0 Å². The van der Waals surface area contributed by atoms with Gasteiger partial charge in [-0.2, -0.15) is 0 Å². The van der Waals surface area contributed by atoms with Gasteiger partial charge in [0.1, 0.15) is 4.90 Å². The predicted molar refractivity (Wildman–Crippen MR) is 93.3 cm³/mol. The summed E-state index contributed by atoms with van der Waals surface area (Å²) in [6.45, 7) is 3.88. The van der Waals surface area contributed by atoms with Crippen LogP contribution in [0.3, 0.4) is 0 Å². The number of halogens is 2. The summed E-state index contributed by atoms with van der Waals surface area (Å²) in [6, 6.07) is 10.8. The van der Waals surface area contributed by atoms with Gasteiger partial charge in [0.25, 0.3) is 10.0 Å². The van der Waals surface area contributed by atoms with E-state index in [0.717, 1.165) is 15.6 Å². The second kappa shape index (κ2) is 6.10. The minimum atomic E-state index is -3.62. The van der Waals surface area contributed by atoms with Gasteiger partial charge < -0.3 is 0 Å². The first-order valence-electron chi connectivity index (χ1n) is 6.24. The van der Waals surface area contributed by atoms with Crippen LogP contribution < -0.4 is 4.31 Å². The van der Waals surface area contributed by atoms with Crippen molar-refractivity contribution in [1.82, 2.24) is 0 Å². The summed E-state index contributed by atoms with van der Waals surface area (Å²) in [7, 11) is -2.06. The average Bonchev–Trinajstić information content (AvgIpc) is 2.42. The number of sulfonamides is 1. The third-order valence-electron chi connectivity index (χ3n) is 3.25. The first-order chi connectivity index (χ1) is 9.73. The quantitative estimate of drug-likeness (QED) is 0.707. The zero-order chi connectivity index (χ0) is 15.8. The molecule has 0 fully saturated rings. The highest BCUT2D eigenvalue weighted by molar-refractivity contribution is 9.11. The van der Waals surface area contributed by atoms with Crippen LogP contribution in [0.4, 0.5) is 5.69 Å². The molecule has 6 heteroatoms. The Morgan fingerprint density at radius 1 is 0.952 bits per heavy atom. The van der Waals surface area contributed by atoms with Crippen LogP contribution in [0.2, 0.25) is 0 Å². The van der Waals surface area contributed by atoms with Gasteiger partial charge in [-0.25, -0.2) is 8.42 Å². The predicted octanol–water partition coefficient (Wildman–Crippen LogP) is 4.65. The molecule has 0 saturated carbocycles.